The van der Waals surface area contributed by atoms with Crippen LogP contribution in [0.4, 0.5) is 0 Å². The van der Waals surface area contributed by atoms with Crippen molar-refractivity contribution in [2.24, 2.45) is 5.11 Å². The molecule has 2 N–H and O–H groups in total. The van der Waals surface area contributed by atoms with Crippen LogP contribution in [-0.4, -0.2) is 24.1 Å². The van der Waals surface area contributed by atoms with E-state index in [1.54, 1.807) is 19.3 Å². The zero-order valence-electron chi connectivity index (χ0n) is 15.3. The molecule has 0 unspecified atom stereocenters. The lowest BCUT2D eigenvalue weighted by Crippen LogP contribution is -1.95. The number of benzene rings is 1. The third-order valence-corrected chi connectivity index (χ3v) is 3.02. The van der Waals surface area contributed by atoms with Crippen molar-refractivity contribution in [3.63, 3.8) is 0 Å². The van der Waals surface area contributed by atoms with E-state index < -0.39 is 0 Å². The lowest BCUT2D eigenvalue weighted by molar-refractivity contribution is 0.234. The Morgan fingerprint density at radius 2 is 2.00 bits per heavy atom. The number of fused-ring (bicyclic) bond motifs is 1. The summed E-state index contributed by atoms with van der Waals surface area (Å²) >= 11 is 0. The van der Waals surface area contributed by atoms with E-state index >= 15 is 0 Å². The Morgan fingerprint density at radius 1 is 1.28 bits per heavy atom. The van der Waals surface area contributed by atoms with E-state index in [0.717, 1.165) is 17.4 Å². The van der Waals surface area contributed by atoms with Crippen LogP contribution in [-0.2, 0) is 11.3 Å². The summed E-state index contributed by atoms with van der Waals surface area (Å²) in [5.41, 5.74) is 8.61. The molecule has 0 aliphatic carbocycles. The van der Waals surface area contributed by atoms with Crippen LogP contribution in [0, 0.1) is 10.9 Å². The molecule has 0 spiro atoms. The molecular formula is C20H28N4O. The summed E-state index contributed by atoms with van der Waals surface area (Å²) in [6.07, 6.45) is 9.40. The van der Waals surface area contributed by atoms with Crippen LogP contribution in [0.3, 0.4) is 0 Å². The maximum atomic E-state index is 7.51. The molecule has 0 aliphatic rings. The van der Waals surface area contributed by atoms with E-state index in [0.29, 0.717) is 12.2 Å². The fourth-order valence-electron chi connectivity index (χ4n) is 1.96. The molecule has 1 aromatic heterocycles. The quantitative estimate of drug-likeness (QED) is 0.232. The zero-order valence-corrected chi connectivity index (χ0v) is 15.3. The van der Waals surface area contributed by atoms with Gasteiger partial charge in [-0.25, -0.2) is 5.53 Å². The summed E-state index contributed by atoms with van der Waals surface area (Å²) in [5, 5.41) is 11.7. The highest BCUT2D eigenvalue weighted by molar-refractivity contribution is 5.99. The minimum atomic E-state index is -0.0174. The smallest absolute Gasteiger partial charge is 0.173 e. The maximum absolute atomic E-state index is 7.51. The molecule has 134 valence electrons. The van der Waals surface area contributed by atoms with Crippen molar-refractivity contribution in [3.8, 4) is 0 Å². The Morgan fingerprint density at radius 3 is 2.52 bits per heavy atom. The van der Waals surface area contributed by atoms with Crippen molar-refractivity contribution >= 4 is 16.7 Å². The molecule has 0 saturated heterocycles. The number of allylic oxidation sites excluding steroid dienone is 3. The summed E-state index contributed by atoms with van der Waals surface area (Å²) < 4.78 is 6.68. The Hall–Kier alpha value is -2.79. The predicted octanol–water partition coefficient (Wildman–Crippen LogP) is 5.58. The molecule has 25 heavy (non-hydrogen) atoms. The summed E-state index contributed by atoms with van der Waals surface area (Å²) in [6, 6.07) is 7.64. The second kappa shape index (κ2) is 13.6. The lowest BCUT2D eigenvalue weighted by atomic mass is 10.1. The average Bonchev–Trinajstić information content (AvgIpc) is 3.06. The standard InChI is InChI=1S/C14H14N4.C4H8O.C2H6/c1-2-3-4-8-18-9-7-11-10-12(14(15)17-16)5-6-13(11)18;1-3-4-5-2;1-2/h2-7,9-10,15-16H,1,8H2;3H,1,4H2,2H3;1-2H3/b4-3+,15-14?,17-16?;;. The van der Waals surface area contributed by atoms with E-state index in [-0.39, 0.29) is 5.84 Å². The first-order valence-electron chi connectivity index (χ1n) is 8.10. The highest BCUT2D eigenvalue weighted by Gasteiger charge is 2.04. The molecule has 5 heteroatoms. The molecule has 1 aromatic carbocycles. The normalized spacial score (nSPS) is 9.56. The molecule has 0 atom stereocenters. The van der Waals surface area contributed by atoms with E-state index in [1.807, 2.05) is 56.5 Å². The van der Waals surface area contributed by atoms with Gasteiger partial charge in [-0.05, 0) is 24.3 Å². The highest BCUT2D eigenvalue weighted by atomic mass is 16.5. The van der Waals surface area contributed by atoms with Gasteiger partial charge in [-0.15, -0.1) is 11.7 Å². The SMILES string of the molecule is C=C/C=C/Cn1ccc2cc(C(=N)N=N)ccc21.C=CCOC.CC. The minimum absolute atomic E-state index is 0.0174. The van der Waals surface area contributed by atoms with Gasteiger partial charge in [0.2, 0.25) is 0 Å². The Labute approximate surface area is 150 Å². The van der Waals surface area contributed by atoms with E-state index in [2.05, 4.69) is 27.6 Å². The molecule has 5 nitrogen and oxygen atoms in total. The molecule has 0 saturated carbocycles. The van der Waals surface area contributed by atoms with Crippen LogP contribution >= 0.6 is 0 Å². The van der Waals surface area contributed by atoms with Crippen LogP contribution < -0.4 is 0 Å². The van der Waals surface area contributed by atoms with Gasteiger partial charge >= 0.3 is 0 Å². The van der Waals surface area contributed by atoms with Gasteiger partial charge in [-0.3, -0.25) is 5.41 Å². The summed E-state index contributed by atoms with van der Waals surface area (Å²) in [4.78, 5) is 0. The Kier molecular flexibility index (Phi) is 12.1. The number of ether oxygens (including phenoxy) is 1. The average molecular weight is 340 g/mol. The van der Waals surface area contributed by atoms with Gasteiger partial charge in [0.05, 0.1) is 6.61 Å². The van der Waals surface area contributed by atoms with Crippen LogP contribution in [0.5, 0.6) is 0 Å². The molecule has 1 heterocycles. The molecule has 0 amide bonds. The number of rotatable bonds is 6. The number of methoxy groups -OCH3 is 1. The Balaban J connectivity index is 0.000000710. The van der Waals surface area contributed by atoms with E-state index in [1.165, 1.54) is 0 Å². The number of aromatic nitrogens is 1. The molecule has 0 aliphatic heterocycles. The molecular weight excluding hydrogens is 312 g/mol. The molecule has 0 radical (unpaired) electrons. The van der Waals surface area contributed by atoms with Gasteiger partial charge in [-0.2, -0.15) is 0 Å². The van der Waals surface area contributed by atoms with Crippen molar-refractivity contribution in [3.05, 3.63) is 73.5 Å². The van der Waals surface area contributed by atoms with Gasteiger partial charge < -0.3 is 9.30 Å². The molecule has 0 fully saturated rings. The highest BCUT2D eigenvalue weighted by Crippen LogP contribution is 2.18. The predicted molar refractivity (Wildman–Crippen MR) is 107 cm³/mol. The molecule has 2 rings (SSSR count). The van der Waals surface area contributed by atoms with Crippen LogP contribution in [0.15, 0.2) is 73.0 Å². The fraction of sp³-hybridized carbons (Fsp3) is 0.250. The van der Waals surface area contributed by atoms with Gasteiger partial charge in [0.25, 0.3) is 0 Å². The topological polar surface area (TPSA) is 74.2 Å². The van der Waals surface area contributed by atoms with Crippen LogP contribution in [0.25, 0.3) is 10.9 Å². The molecule has 2 aromatic rings. The summed E-state index contributed by atoms with van der Waals surface area (Å²) in [7, 11) is 1.64. The van der Waals surface area contributed by atoms with Gasteiger partial charge in [0.15, 0.2) is 5.84 Å². The number of amidine groups is 1. The third-order valence-electron chi connectivity index (χ3n) is 3.02. The first-order valence-corrected chi connectivity index (χ1v) is 8.10. The second-order valence-electron chi connectivity index (χ2n) is 4.61. The van der Waals surface area contributed by atoms with Crippen molar-refractivity contribution in [1.82, 2.24) is 4.57 Å². The number of hydrogen-bond acceptors (Lipinski definition) is 3. The van der Waals surface area contributed by atoms with Crippen molar-refractivity contribution in [2.75, 3.05) is 13.7 Å². The van der Waals surface area contributed by atoms with Crippen molar-refractivity contribution in [2.45, 2.75) is 20.4 Å². The van der Waals surface area contributed by atoms with Crippen molar-refractivity contribution in [1.29, 1.82) is 10.9 Å². The fourth-order valence-corrected chi connectivity index (χ4v) is 1.96. The van der Waals surface area contributed by atoms with Crippen LogP contribution in [0.2, 0.25) is 0 Å². The van der Waals surface area contributed by atoms with Gasteiger partial charge in [0, 0.05) is 36.3 Å². The minimum Gasteiger partial charge on any atom is -0.381 e. The monoisotopic (exact) mass is 340 g/mol. The number of nitrogens with one attached hydrogen (secondary N) is 2. The first kappa shape index (κ1) is 22.2. The number of nitrogens with zero attached hydrogens (tertiary/aromatic N) is 2. The lowest BCUT2D eigenvalue weighted by Gasteiger charge is -2.02. The van der Waals surface area contributed by atoms with Crippen molar-refractivity contribution < 1.29 is 4.74 Å². The maximum Gasteiger partial charge on any atom is 0.173 e. The van der Waals surface area contributed by atoms with Crippen LogP contribution in [0.1, 0.15) is 19.4 Å². The van der Waals surface area contributed by atoms with E-state index in [4.69, 9.17) is 10.9 Å². The third kappa shape index (κ3) is 7.54. The zero-order chi connectivity index (χ0) is 19.1. The second-order valence-corrected chi connectivity index (χ2v) is 4.61. The first-order chi connectivity index (χ1) is 12.2. The molecule has 0 bridgehead atoms. The largest absolute Gasteiger partial charge is 0.381 e. The summed E-state index contributed by atoms with van der Waals surface area (Å²) in [6.45, 7) is 12.5. The van der Waals surface area contributed by atoms with Gasteiger partial charge in [0.1, 0.15) is 0 Å². The Bertz CT molecular complexity index is 714. The van der Waals surface area contributed by atoms with Gasteiger partial charge in [-0.1, -0.05) is 44.7 Å². The van der Waals surface area contributed by atoms with E-state index in [9.17, 15) is 0 Å². The summed E-state index contributed by atoms with van der Waals surface area (Å²) in [5.74, 6) is -0.0174. The number of hydrogen-bond donors (Lipinski definition) is 2.